The molecule has 0 radical (unpaired) electrons. The van der Waals surface area contributed by atoms with E-state index in [4.69, 9.17) is 0 Å². The molecule has 0 bridgehead atoms. The molecule has 0 saturated heterocycles. The van der Waals surface area contributed by atoms with Crippen LogP contribution in [0.1, 0.15) is 52.9 Å². The number of carbonyl (C=O) groups is 1. The van der Waals surface area contributed by atoms with Crippen LogP contribution in [0.5, 0.6) is 0 Å². The van der Waals surface area contributed by atoms with E-state index < -0.39 is 0 Å². The zero-order chi connectivity index (χ0) is 12.4. The smallest absolute Gasteiger partial charge is 0.223 e. The van der Waals surface area contributed by atoms with E-state index in [9.17, 15) is 4.79 Å². The topological polar surface area (TPSA) is 20.3 Å². The molecule has 1 amide bonds. The normalized spacial score (nSPS) is 25.3. The van der Waals surface area contributed by atoms with Gasteiger partial charge in [0.25, 0.3) is 0 Å². The fraction of sp³-hybridized carbons (Fsp3) is 0.800. The minimum absolute atomic E-state index is 0.380. The summed E-state index contributed by atoms with van der Waals surface area (Å²) in [5.41, 5.74) is 0. The minimum Gasteiger partial charge on any atom is -0.337 e. The lowest BCUT2D eigenvalue weighted by Gasteiger charge is -2.33. The molecule has 17 heavy (non-hydrogen) atoms. The molecule has 0 aliphatic heterocycles. The van der Waals surface area contributed by atoms with E-state index in [0.29, 0.717) is 29.8 Å². The Balaban J connectivity index is 1.95. The van der Waals surface area contributed by atoms with Crippen LogP contribution >= 0.6 is 0 Å². The van der Waals surface area contributed by atoms with E-state index >= 15 is 0 Å². The monoisotopic (exact) mass is 235 g/mol. The summed E-state index contributed by atoms with van der Waals surface area (Å²) in [7, 11) is 0. The van der Waals surface area contributed by atoms with Gasteiger partial charge < -0.3 is 4.90 Å². The van der Waals surface area contributed by atoms with Gasteiger partial charge in [0, 0.05) is 18.5 Å². The standard InChI is InChI=1S/C15H25NO/c1-11(2)12(3)16(14-8-9-14)15(17)10-13-6-4-5-7-13/h4,6,11-14H,5,7-10H2,1-3H3. The largest absolute Gasteiger partial charge is 0.337 e. The molecule has 0 spiro atoms. The molecule has 0 aromatic carbocycles. The van der Waals surface area contributed by atoms with Gasteiger partial charge in [-0.15, -0.1) is 0 Å². The maximum Gasteiger partial charge on any atom is 0.223 e. The fourth-order valence-corrected chi connectivity index (χ4v) is 2.63. The van der Waals surface area contributed by atoms with E-state index in [0.717, 1.165) is 12.8 Å². The molecule has 1 fully saturated rings. The molecule has 1 saturated carbocycles. The molecule has 0 N–H and O–H groups in total. The average Bonchev–Trinajstić information content (AvgIpc) is 2.96. The molecule has 0 aromatic rings. The Morgan fingerprint density at radius 2 is 2.00 bits per heavy atom. The summed E-state index contributed by atoms with van der Waals surface area (Å²) in [4.78, 5) is 14.6. The van der Waals surface area contributed by atoms with Crippen molar-refractivity contribution in [2.75, 3.05) is 0 Å². The predicted molar refractivity (Wildman–Crippen MR) is 70.6 cm³/mol. The number of carbonyl (C=O) groups excluding carboxylic acids is 1. The first-order chi connectivity index (χ1) is 8.09. The quantitative estimate of drug-likeness (QED) is 0.669. The first-order valence-electron chi connectivity index (χ1n) is 7.07. The molecule has 2 nitrogen and oxygen atoms in total. The van der Waals surface area contributed by atoms with Crippen molar-refractivity contribution in [2.24, 2.45) is 11.8 Å². The number of nitrogens with zero attached hydrogens (tertiary/aromatic N) is 1. The number of hydrogen-bond acceptors (Lipinski definition) is 1. The summed E-state index contributed by atoms with van der Waals surface area (Å²) in [6.07, 6.45) is 9.91. The molecule has 96 valence electrons. The maximum absolute atomic E-state index is 12.4. The van der Waals surface area contributed by atoms with E-state index in [2.05, 4.69) is 37.8 Å². The van der Waals surface area contributed by atoms with Gasteiger partial charge in [0.05, 0.1) is 0 Å². The van der Waals surface area contributed by atoms with Crippen molar-refractivity contribution in [3.05, 3.63) is 12.2 Å². The van der Waals surface area contributed by atoms with Crippen molar-refractivity contribution in [1.82, 2.24) is 4.90 Å². The van der Waals surface area contributed by atoms with Gasteiger partial charge in [-0.2, -0.15) is 0 Å². The molecule has 2 atom stereocenters. The van der Waals surface area contributed by atoms with Crippen molar-refractivity contribution in [2.45, 2.75) is 65.0 Å². The van der Waals surface area contributed by atoms with Crippen molar-refractivity contribution < 1.29 is 4.79 Å². The van der Waals surface area contributed by atoms with Crippen molar-refractivity contribution in [3.63, 3.8) is 0 Å². The summed E-state index contributed by atoms with van der Waals surface area (Å²) < 4.78 is 0. The summed E-state index contributed by atoms with van der Waals surface area (Å²) in [6, 6.07) is 0.936. The third kappa shape index (κ3) is 3.11. The highest BCUT2D eigenvalue weighted by Crippen LogP contribution is 2.32. The highest BCUT2D eigenvalue weighted by molar-refractivity contribution is 5.77. The van der Waals surface area contributed by atoms with Crippen LogP contribution in [0.15, 0.2) is 12.2 Å². The van der Waals surface area contributed by atoms with Crippen molar-refractivity contribution in [3.8, 4) is 0 Å². The molecule has 0 aromatic heterocycles. The average molecular weight is 235 g/mol. The van der Waals surface area contributed by atoms with Crippen LogP contribution in [-0.2, 0) is 4.79 Å². The Labute approximate surface area is 105 Å². The van der Waals surface area contributed by atoms with Crippen LogP contribution in [-0.4, -0.2) is 22.9 Å². The van der Waals surface area contributed by atoms with Gasteiger partial charge in [0.2, 0.25) is 5.91 Å². The second-order valence-electron chi connectivity index (χ2n) is 5.99. The molecule has 2 unspecified atom stereocenters. The van der Waals surface area contributed by atoms with Gasteiger partial charge >= 0.3 is 0 Å². The van der Waals surface area contributed by atoms with Crippen LogP contribution < -0.4 is 0 Å². The first kappa shape index (κ1) is 12.7. The highest BCUT2D eigenvalue weighted by atomic mass is 16.2. The van der Waals surface area contributed by atoms with Crippen LogP contribution in [0.2, 0.25) is 0 Å². The van der Waals surface area contributed by atoms with Crippen molar-refractivity contribution >= 4 is 5.91 Å². The predicted octanol–water partition coefficient (Wildman–Crippen LogP) is 3.38. The van der Waals surface area contributed by atoms with Crippen LogP contribution in [0.3, 0.4) is 0 Å². The molecule has 2 heteroatoms. The van der Waals surface area contributed by atoms with E-state index in [1.54, 1.807) is 0 Å². The summed E-state index contributed by atoms with van der Waals surface area (Å²) >= 11 is 0. The summed E-state index contributed by atoms with van der Waals surface area (Å²) in [5.74, 6) is 1.44. The van der Waals surface area contributed by atoms with Crippen LogP contribution in [0.25, 0.3) is 0 Å². The molecule has 2 aliphatic carbocycles. The number of rotatable bonds is 5. The first-order valence-corrected chi connectivity index (χ1v) is 7.07. The zero-order valence-electron chi connectivity index (χ0n) is 11.4. The third-order valence-corrected chi connectivity index (χ3v) is 4.18. The second kappa shape index (κ2) is 5.24. The molecular weight excluding hydrogens is 210 g/mol. The van der Waals surface area contributed by atoms with Gasteiger partial charge in [-0.25, -0.2) is 0 Å². The van der Waals surface area contributed by atoms with E-state index in [1.165, 1.54) is 19.3 Å². The number of hydrogen-bond donors (Lipinski definition) is 0. The summed E-state index contributed by atoms with van der Waals surface area (Å²) in [5, 5.41) is 0. The second-order valence-corrected chi connectivity index (χ2v) is 5.99. The fourth-order valence-electron chi connectivity index (χ4n) is 2.63. The lowest BCUT2D eigenvalue weighted by molar-refractivity contribution is -0.135. The van der Waals surface area contributed by atoms with Gasteiger partial charge in [-0.3, -0.25) is 4.79 Å². The van der Waals surface area contributed by atoms with Crippen LogP contribution in [0, 0.1) is 11.8 Å². The lowest BCUT2D eigenvalue weighted by Crippen LogP contribution is -2.43. The van der Waals surface area contributed by atoms with Crippen molar-refractivity contribution in [1.29, 1.82) is 0 Å². The Bertz CT molecular complexity index is 304. The SMILES string of the molecule is CC(C)C(C)N(C(=O)CC1C=CCC1)C1CC1. The Hall–Kier alpha value is -0.790. The lowest BCUT2D eigenvalue weighted by atomic mass is 10.0. The van der Waals surface area contributed by atoms with Gasteiger partial charge in [-0.05, 0) is 44.4 Å². The minimum atomic E-state index is 0.380. The molecular formula is C15H25NO. The van der Waals surface area contributed by atoms with Crippen LogP contribution in [0.4, 0.5) is 0 Å². The maximum atomic E-state index is 12.4. The molecule has 2 aliphatic rings. The third-order valence-electron chi connectivity index (χ3n) is 4.18. The Morgan fingerprint density at radius 1 is 1.29 bits per heavy atom. The van der Waals surface area contributed by atoms with Gasteiger partial charge in [0.15, 0.2) is 0 Å². The summed E-state index contributed by atoms with van der Waals surface area (Å²) in [6.45, 7) is 6.62. The molecule has 0 heterocycles. The van der Waals surface area contributed by atoms with E-state index in [-0.39, 0.29) is 0 Å². The van der Waals surface area contributed by atoms with Gasteiger partial charge in [0.1, 0.15) is 0 Å². The number of allylic oxidation sites excluding steroid dienone is 2. The molecule has 2 rings (SSSR count). The Kier molecular flexibility index (Phi) is 3.90. The van der Waals surface area contributed by atoms with E-state index in [1.807, 2.05) is 0 Å². The number of amides is 1. The zero-order valence-corrected chi connectivity index (χ0v) is 11.4. The Morgan fingerprint density at radius 3 is 2.47 bits per heavy atom. The van der Waals surface area contributed by atoms with Gasteiger partial charge in [-0.1, -0.05) is 26.0 Å². The highest BCUT2D eigenvalue weighted by Gasteiger charge is 2.36.